The van der Waals surface area contributed by atoms with Crippen LogP contribution in [0.25, 0.3) is 0 Å². The molecule has 0 aromatic rings. The van der Waals surface area contributed by atoms with Crippen molar-refractivity contribution in [1.82, 2.24) is 15.5 Å². The topological polar surface area (TPSA) is 48.9 Å². The van der Waals surface area contributed by atoms with Gasteiger partial charge in [0.25, 0.3) is 0 Å². The van der Waals surface area contributed by atoms with Gasteiger partial charge < -0.3 is 15.4 Å². The van der Waals surface area contributed by atoms with Crippen LogP contribution in [0.15, 0.2) is 4.99 Å². The van der Waals surface area contributed by atoms with Gasteiger partial charge in [-0.1, -0.05) is 0 Å². The lowest BCUT2D eigenvalue weighted by Gasteiger charge is -2.22. The first-order chi connectivity index (χ1) is 7.81. The molecule has 0 atom stereocenters. The van der Waals surface area contributed by atoms with Crippen molar-refractivity contribution in [2.45, 2.75) is 18.9 Å². The summed E-state index contributed by atoms with van der Waals surface area (Å²) in [5.41, 5.74) is 0. The second kappa shape index (κ2) is 7.46. The summed E-state index contributed by atoms with van der Waals surface area (Å²) in [5.74, 6) is 0.850. The van der Waals surface area contributed by atoms with E-state index in [1.165, 1.54) is 12.8 Å². The summed E-state index contributed by atoms with van der Waals surface area (Å²) >= 11 is 0. The van der Waals surface area contributed by atoms with E-state index in [0.717, 1.165) is 38.2 Å². The molecule has 0 bridgehead atoms. The third kappa shape index (κ3) is 4.81. The largest absolute Gasteiger partial charge is 0.383 e. The van der Waals surface area contributed by atoms with E-state index in [9.17, 15) is 0 Å². The fourth-order valence-corrected chi connectivity index (χ4v) is 1.72. The third-order valence-corrected chi connectivity index (χ3v) is 2.80. The van der Waals surface area contributed by atoms with Crippen molar-refractivity contribution in [3.05, 3.63) is 0 Å². The average molecular weight is 228 g/mol. The molecule has 0 amide bonds. The molecule has 0 unspecified atom stereocenters. The molecule has 0 aromatic heterocycles. The highest BCUT2D eigenvalue weighted by Crippen LogP contribution is 2.25. The first-order valence-corrected chi connectivity index (χ1v) is 5.93. The number of hydrogen-bond acceptors (Lipinski definition) is 3. The molecule has 1 fully saturated rings. The highest BCUT2D eigenvalue weighted by atomic mass is 16.5. The Kier molecular flexibility index (Phi) is 6.18. The minimum Gasteiger partial charge on any atom is -0.383 e. The molecule has 16 heavy (non-hydrogen) atoms. The first kappa shape index (κ1) is 13.3. The van der Waals surface area contributed by atoms with E-state index >= 15 is 0 Å². The van der Waals surface area contributed by atoms with Gasteiger partial charge in [0.05, 0.1) is 6.61 Å². The summed E-state index contributed by atoms with van der Waals surface area (Å²) in [6.07, 6.45) is 2.68. The summed E-state index contributed by atoms with van der Waals surface area (Å²) in [6, 6.07) is 0.786. The normalized spacial score (nSPS) is 16.6. The zero-order valence-corrected chi connectivity index (χ0v) is 10.6. The molecule has 0 spiro atoms. The first-order valence-electron chi connectivity index (χ1n) is 5.93. The van der Waals surface area contributed by atoms with E-state index in [4.69, 9.17) is 4.74 Å². The van der Waals surface area contributed by atoms with Gasteiger partial charge in [-0.25, -0.2) is 0 Å². The van der Waals surface area contributed by atoms with E-state index in [1.54, 1.807) is 14.2 Å². The lowest BCUT2D eigenvalue weighted by molar-refractivity contribution is 0.144. The Bertz CT molecular complexity index is 216. The second-order valence-corrected chi connectivity index (χ2v) is 4.01. The van der Waals surface area contributed by atoms with Crippen LogP contribution < -0.4 is 10.6 Å². The van der Waals surface area contributed by atoms with Crippen LogP contribution in [-0.4, -0.2) is 64.3 Å². The Morgan fingerprint density at radius 1 is 1.44 bits per heavy atom. The van der Waals surface area contributed by atoms with Crippen LogP contribution in [0.5, 0.6) is 0 Å². The van der Waals surface area contributed by atoms with Crippen molar-refractivity contribution >= 4 is 5.96 Å². The molecule has 0 aromatic carbocycles. The Morgan fingerprint density at radius 3 is 2.69 bits per heavy atom. The van der Waals surface area contributed by atoms with E-state index in [1.807, 2.05) is 7.05 Å². The van der Waals surface area contributed by atoms with Crippen LogP contribution >= 0.6 is 0 Å². The number of aliphatic imine (C=N–C) groups is 1. The van der Waals surface area contributed by atoms with Crippen LogP contribution in [0, 0.1) is 0 Å². The standard InChI is InChI=1S/C11H24N4O/c1-12-11(13-2)14-6-7-15(8-9-16-3)10-4-5-10/h10H,4-9H2,1-3H3,(H2,12,13,14). The van der Waals surface area contributed by atoms with E-state index in [0.29, 0.717) is 0 Å². The summed E-state index contributed by atoms with van der Waals surface area (Å²) in [6.45, 7) is 3.82. The van der Waals surface area contributed by atoms with Crippen molar-refractivity contribution in [2.75, 3.05) is 47.4 Å². The fraction of sp³-hybridized carbons (Fsp3) is 0.909. The number of methoxy groups -OCH3 is 1. The minimum atomic E-state index is 0.786. The fourth-order valence-electron chi connectivity index (χ4n) is 1.72. The smallest absolute Gasteiger partial charge is 0.190 e. The highest BCUT2D eigenvalue weighted by Gasteiger charge is 2.27. The lowest BCUT2D eigenvalue weighted by atomic mass is 10.4. The van der Waals surface area contributed by atoms with Crippen LogP contribution in [-0.2, 0) is 4.74 Å². The van der Waals surface area contributed by atoms with Gasteiger partial charge in [-0.05, 0) is 12.8 Å². The molecule has 0 heterocycles. The van der Waals surface area contributed by atoms with Gasteiger partial charge in [-0.15, -0.1) is 0 Å². The van der Waals surface area contributed by atoms with Gasteiger partial charge in [-0.3, -0.25) is 9.89 Å². The summed E-state index contributed by atoms with van der Waals surface area (Å²) in [7, 11) is 5.41. The predicted molar refractivity (Wildman–Crippen MR) is 66.9 cm³/mol. The van der Waals surface area contributed by atoms with Crippen molar-refractivity contribution in [3.63, 3.8) is 0 Å². The van der Waals surface area contributed by atoms with Gasteiger partial charge in [0, 0.05) is 46.9 Å². The Morgan fingerprint density at radius 2 is 2.19 bits per heavy atom. The molecule has 5 nitrogen and oxygen atoms in total. The molecule has 94 valence electrons. The molecular weight excluding hydrogens is 204 g/mol. The van der Waals surface area contributed by atoms with E-state index in [2.05, 4.69) is 20.5 Å². The van der Waals surface area contributed by atoms with Crippen LogP contribution in [0.3, 0.4) is 0 Å². The van der Waals surface area contributed by atoms with Gasteiger partial charge in [0.1, 0.15) is 0 Å². The third-order valence-electron chi connectivity index (χ3n) is 2.80. The molecule has 1 rings (SSSR count). The second-order valence-electron chi connectivity index (χ2n) is 4.01. The maximum absolute atomic E-state index is 5.12. The van der Waals surface area contributed by atoms with E-state index < -0.39 is 0 Å². The predicted octanol–water partition coefficient (Wildman–Crippen LogP) is -0.108. The highest BCUT2D eigenvalue weighted by molar-refractivity contribution is 5.79. The maximum atomic E-state index is 5.12. The number of rotatable bonds is 7. The number of hydrogen-bond donors (Lipinski definition) is 2. The molecule has 1 aliphatic rings. The minimum absolute atomic E-state index is 0.786. The maximum Gasteiger partial charge on any atom is 0.190 e. The Hall–Kier alpha value is -0.810. The summed E-state index contributed by atoms with van der Waals surface area (Å²) < 4.78 is 5.12. The molecule has 5 heteroatoms. The molecule has 1 saturated carbocycles. The van der Waals surface area contributed by atoms with Crippen molar-refractivity contribution in [1.29, 1.82) is 0 Å². The van der Waals surface area contributed by atoms with Crippen LogP contribution in [0.2, 0.25) is 0 Å². The number of ether oxygens (including phenoxy) is 1. The average Bonchev–Trinajstić information content (AvgIpc) is 3.12. The molecule has 0 saturated heterocycles. The van der Waals surface area contributed by atoms with Gasteiger partial charge in [0.2, 0.25) is 0 Å². The molecule has 0 aliphatic heterocycles. The summed E-state index contributed by atoms with van der Waals surface area (Å²) in [4.78, 5) is 6.56. The zero-order chi connectivity index (χ0) is 11.8. The van der Waals surface area contributed by atoms with E-state index in [-0.39, 0.29) is 0 Å². The van der Waals surface area contributed by atoms with Gasteiger partial charge >= 0.3 is 0 Å². The SMILES string of the molecule is CN=C(NC)NCCN(CCOC)C1CC1. The zero-order valence-electron chi connectivity index (χ0n) is 10.6. The Balaban J connectivity index is 2.16. The van der Waals surface area contributed by atoms with Crippen molar-refractivity contribution in [3.8, 4) is 0 Å². The van der Waals surface area contributed by atoms with Crippen molar-refractivity contribution < 1.29 is 4.74 Å². The quantitative estimate of drug-likeness (QED) is 0.472. The van der Waals surface area contributed by atoms with Crippen LogP contribution in [0.4, 0.5) is 0 Å². The molecule has 2 N–H and O–H groups in total. The van der Waals surface area contributed by atoms with Gasteiger partial charge in [-0.2, -0.15) is 0 Å². The number of nitrogens with one attached hydrogen (secondary N) is 2. The van der Waals surface area contributed by atoms with Gasteiger partial charge in [0.15, 0.2) is 5.96 Å². The van der Waals surface area contributed by atoms with Crippen molar-refractivity contribution in [2.24, 2.45) is 4.99 Å². The van der Waals surface area contributed by atoms with Crippen LogP contribution in [0.1, 0.15) is 12.8 Å². The molecule has 1 aliphatic carbocycles. The number of nitrogens with zero attached hydrogens (tertiary/aromatic N) is 2. The molecular formula is C11H24N4O. The lowest BCUT2D eigenvalue weighted by Crippen LogP contribution is -2.41. The molecule has 0 radical (unpaired) electrons. The Labute approximate surface area is 98.3 Å². The number of guanidine groups is 1. The monoisotopic (exact) mass is 228 g/mol. The summed E-state index contributed by atoms with van der Waals surface area (Å²) in [5, 5.41) is 6.27.